The minimum atomic E-state index is 0.127. The Morgan fingerprint density at radius 3 is 2.76 bits per heavy atom. The van der Waals surface area contributed by atoms with E-state index in [1.54, 1.807) is 0 Å². The Kier molecular flexibility index (Phi) is 5.95. The highest BCUT2D eigenvalue weighted by molar-refractivity contribution is 9.10. The lowest BCUT2D eigenvalue weighted by Crippen LogP contribution is -2.41. The molecule has 0 spiro atoms. The molecule has 2 unspecified atom stereocenters. The zero-order valence-electron chi connectivity index (χ0n) is 12.8. The molecule has 1 aromatic carbocycles. The molecule has 1 fully saturated rings. The fourth-order valence-corrected chi connectivity index (χ4v) is 2.76. The third-order valence-electron chi connectivity index (χ3n) is 3.37. The molecule has 1 aromatic rings. The molecule has 1 saturated heterocycles. The van der Waals surface area contributed by atoms with Gasteiger partial charge in [-0.25, -0.2) is 0 Å². The molecule has 0 aliphatic carbocycles. The summed E-state index contributed by atoms with van der Waals surface area (Å²) >= 11 is 9.53. The van der Waals surface area contributed by atoms with E-state index in [2.05, 4.69) is 42.0 Å². The van der Waals surface area contributed by atoms with Crippen LogP contribution in [0.3, 0.4) is 0 Å². The van der Waals surface area contributed by atoms with E-state index in [0.29, 0.717) is 17.4 Å². The van der Waals surface area contributed by atoms with Gasteiger partial charge in [0.25, 0.3) is 0 Å². The lowest BCUT2D eigenvalue weighted by Gasteiger charge is -2.23. The average Bonchev–Trinajstić information content (AvgIpc) is 2.85. The molecule has 21 heavy (non-hydrogen) atoms. The summed E-state index contributed by atoms with van der Waals surface area (Å²) < 4.78 is 12.8. The second kappa shape index (κ2) is 7.32. The molecule has 0 amide bonds. The average molecular weight is 377 g/mol. The van der Waals surface area contributed by atoms with E-state index in [1.807, 2.05) is 18.2 Å². The lowest BCUT2D eigenvalue weighted by atomic mass is 10.1. The van der Waals surface area contributed by atoms with Crippen molar-refractivity contribution < 1.29 is 9.47 Å². The fraction of sp³-hybridized carbons (Fsp3) is 0.625. The first kappa shape index (κ1) is 17.1. The van der Waals surface area contributed by atoms with Gasteiger partial charge < -0.3 is 14.8 Å². The van der Waals surface area contributed by atoms with Crippen molar-refractivity contribution in [3.63, 3.8) is 0 Å². The number of halogens is 2. The van der Waals surface area contributed by atoms with E-state index < -0.39 is 0 Å². The summed E-state index contributed by atoms with van der Waals surface area (Å²) in [5, 5.41) is 4.11. The second-order valence-corrected chi connectivity index (χ2v) is 7.80. The van der Waals surface area contributed by atoms with Crippen molar-refractivity contribution in [2.24, 2.45) is 0 Å². The number of hydrogen-bond donors (Lipinski definition) is 1. The van der Waals surface area contributed by atoms with Crippen LogP contribution in [0, 0.1) is 0 Å². The van der Waals surface area contributed by atoms with Crippen LogP contribution >= 0.6 is 27.5 Å². The SMILES string of the molecule is CC(C)(C)NCC1CCC(COc2cc(Br)ccc2Cl)O1. The molecule has 1 aliphatic heterocycles. The normalized spacial score (nSPS) is 22.5. The summed E-state index contributed by atoms with van der Waals surface area (Å²) in [6.45, 7) is 7.92. The summed E-state index contributed by atoms with van der Waals surface area (Å²) in [6.07, 6.45) is 2.52. The lowest BCUT2D eigenvalue weighted by molar-refractivity contribution is 0.0162. The Balaban J connectivity index is 1.76. The van der Waals surface area contributed by atoms with Gasteiger partial charge in [0.05, 0.1) is 17.2 Å². The monoisotopic (exact) mass is 375 g/mol. The van der Waals surface area contributed by atoms with Crippen LogP contribution in [-0.2, 0) is 4.74 Å². The summed E-state index contributed by atoms with van der Waals surface area (Å²) in [5.41, 5.74) is 0.127. The van der Waals surface area contributed by atoms with E-state index >= 15 is 0 Å². The van der Waals surface area contributed by atoms with Gasteiger partial charge in [-0.05, 0) is 51.8 Å². The molecule has 2 rings (SSSR count). The van der Waals surface area contributed by atoms with Gasteiger partial charge in [-0.1, -0.05) is 27.5 Å². The topological polar surface area (TPSA) is 30.5 Å². The molecule has 0 saturated carbocycles. The van der Waals surface area contributed by atoms with Crippen molar-refractivity contribution >= 4 is 27.5 Å². The van der Waals surface area contributed by atoms with Gasteiger partial charge in [0.15, 0.2) is 0 Å². The quantitative estimate of drug-likeness (QED) is 0.825. The molecule has 0 radical (unpaired) electrons. The highest BCUT2D eigenvalue weighted by Crippen LogP contribution is 2.29. The van der Waals surface area contributed by atoms with Gasteiger partial charge in [-0.15, -0.1) is 0 Å². The molecule has 3 nitrogen and oxygen atoms in total. The van der Waals surface area contributed by atoms with Crippen molar-refractivity contribution in [2.75, 3.05) is 13.2 Å². The van der Waals surface area contributed by atoms with E-state index in [0.717, 1.165) is 23.9 Å². The number of nitrogens with one attached hydrogen (secondary N) is 1. The van der Waals surface area contributed by atoms with Crippen molar-refractivity contribution in [3.8, 4) is 5.75 Å². The molecule has 0 aromatic heterocycles. The van der Waals surface area contributed by atoms with Gasteiger partial charge in [0.2, 0.25) is 0 Å². The van der Waals surface area contributed by atoms with Gasteiger partial charge in [-0.3, -0.25) is 0 Å². The smallest absolute Gasteiger partial charge is 0.139 e. The van der Waals surface area contributed by atoms with Crippen LogP contribution < -0.4 is 10.1 Å². The van der Waals surface area contributed by atoms with E-state index in [1.165, 1.54) is 0 Å². The molecular weight excluding hydrogens is 354 g/mol. The summed E-state index contributed by atoms with van der Waals surface area (Å²) in [7, 11) is 0. The molecule has 5 heteroatoms. The minimum Gasteiger partial charge on any atom is -0.489 e. The molecular formula is C16H23BrClNO2. The Hall–Kier alpha value is -0.290. The third-order valence-corrected chi connectivity index (χ3v) is 4.18. The van der Waals surface area contributed by atoms with Crippen molar-refractivity contribution in [1.82, 2.24) is 5.32 Å². The highest BCUT2D eigenvalue weighted by atomic mass is 79.9. The standard InChI is InChI=1S/C16H23BrClNO2/c1-16(2,3)19-9-12-5-6-13(21-12)10-20-15-8-11(17)4-7-14(15)18/h4,7-8,12-13,19H,5-6,9-10H2,1-3H3. The van der Waals surface area contributed by atoms with E-state index in [9.17, 15) is 0 Å². The van der Waals surface area contributed by atoms with Crippen LogP contribution in [0.1, 0.15) is 33.6 Å². The summed E-state index contributed by atoms with van der Waals surface area (Å²) in [4.78, 5) is 0. The largest absolute Gasteiger partial charge is 0.489 e. The van der Waals surface area contributed by atoms with Gasteiger partial charge >= 0.3 is 0 Å². The fourth-order valence-electron chi connectivity index (χ4n) is 2.24. The second-order valence-electron chi connectivity index (χ2n) is 6.47. The molecule has 0 bridgehead atoms. The van der Waals surface area contributed by atoms with Crippen LogP contribution in [0.5, 0.6) is 5.75 Å². The minimum absolute atomic E-state index is 0.127. The van der Waals surface area contributed by atoms with Crippen molar-refractivity contribution in [3.05, 3.63) is 27.7 Å². The zero-order chi connectivity index (χ0) is 15.5. The van der Waals surface area contributed by atoms with Crippen molar-refractivity contribution in [2.45, 2.75) is 51.4 Å². The molecule has 1 N–H and O–H groups in total. The number of ether oxygens (including phenoxy) is 2. The van der Waals surface area contributed by atoms with Crippen molar-refractivity contribution in [1.29, 1.82) is 0 Å². The molecule has 1 heterocycles. The van der Waals surface area contributed by atoms with E-state index in [4.69, 9.17) is 21.1 Å². The molecule has 1 aliphatic rings. The maximum atomic E-state index is 6.11. The van der Waals surface area contributed by atoms with Gasteiger partial charge in [-0.2, -0.15) is 0 Å². The Bertz CT molecular complexity index is 476. The summed E-state index contributed by atoms with van der Waals surface area (Å²) in [5.74, 6) is 0.700. The van der Waals surface area contributed by atoms with Gasteiger partial charge in [0.1, 0.15) is 12.4 Å². The van der Waals surface area contributed by atoms with Gasteiger partial charge in [0, 0.05) is 16.6 Å². The number of rotatable bonds is 5. The Labute approximate surface area is 140 Å². The number of benzene rings is 1. The van der Waals surface area contributed by atoms with Crippen LogP contribution in [0.4, 0.5) is 0 Å². The maximum Gasteiger partial charge on any atom is 0.139 e. The Morgan fingerprint density at radius 1 is 1.33 bits per heavy atom. The number of hydrogen-bond acceptors (Lipinski definition) is 3. The third kappa shape index (κ3) is 5.78. The maximum absolute atomic E-state index is 6.11. The zero-order valence-corrected chi connectivity index (χ0v) is 15.1. The first-order valence-electron chi connectivity index (χ1n) is 7.32. The predicted octanol–water partition coefficient (Wildman–Crippen LogP) is 4.42. The predicted molar refractivity (Wildman–Crippen MR) is 90.3 cm³/mol. The van der Waals surface area contributed by atoms with E-state index in [-0.39, 0.29) is 17.7 Å². The molecule has 2 atom stereocenters. The van der Waals surface area contributed by atoms with Crippen LogP contribution in [0.25, 0.3) is 0 Å². The van der Waals surface area contributed by atoms with Crippen LogP contribution in [0.15, 0.2) is 22.7 Å². The summed E-state index contributed by atoms with van der Waals surface area (Å²) in [6, 6.07) is 5.61. The first-order chi connectivity index (χ1) is 9.83. The Morgan fingerprint density at radius 2 is 2.05 bits per heavy atom. The van der Waals surface area contributed by atoms with Crippen LogP contribution in [-0.4, -0.2) is 30.9 Å². The highest BCUT2D eigenvalue weighted by Gasteiger charge is 2.26. The van der Waals surface area contributed by atoms with Crippen LogP contribution in [0.2, 0.25) is 5.02 Å². The first-order valence-corrected chi connectivity index (χ1v) is 8.49. The molecule has 118 valence electrons.